The van der Waals surface area contributed by atoms with Crippen molar-refractivity contribution >= 4 is 11.7 Å². The van der Waals surface area contributed by atoms with Crippen molar-refractivity contribution in [1.82, 2.24) is 24.5 Å². The molecule has 0 spiro atoms. The largest absolute Gasteiger partial charge is 0.376 e. The van der Waals surface area contributed by atoms with Gasteiger partial charge in [-0.2, -0.15) is 9.50 Å². The van der Waals surface area contributed by atoms with Gasteiger partial charge in [-0.3, -0.25) is 9.59 Å². The Bertz CT molecular complexity index is 1060. The van der Waals surface area contributed by atoms with Crippen molar-refractivity contribution in [3.63, 3.8) is 0 Å². The van der Waals surface area contributed by atoms with Crippen LogP contribution < -0.4 is 10.9 Å². The van der Waals surface area contributed by atoms with Crippen LogP contribution in [0.4, 0.5) is 0 Å². The van der Waals surface area contributed by atoms with E-state index in [0.717, 1.165) is 25.0 Å². The molecule has 2 aromatic heterocycles. The SMILES string of the molecule is Cc1c(CC(=O)NCC2CCCO2)c(=O)n2nc(-c3ccccc3)nc2n1C. The topological polar surface area (TPSA) is 90.5 Å². The van der Waals surface area contributed by atoms with Crippen LogP contribution in [0.1, 0.15) is 24.1 Å². The van der Waals surface area contributed by atoms with Crippen LogP contribution in [-0.4, -0.2) is 44.3 Å². The Morgan fingerprint density at radius 3 is 2.82 bits per heavy atom. The zero-order chi connectivity index (χ0) is 19.7. The van der Waals surface area contributed by atoms with Gasteiger partial charge in [-0.05, 0) is 19.8 Å². The molecule has 0 radical (unpaired) electrons. The number of ether oxygens (including phenoxy) is 1. The second-order valence-electron chi connectivity index (χ2n) is 7.06. The van der Waals surface area contributed by atoms with E-state index in [0.29, 0.717) is 29.4 Å². The lowest BCUT2D eigenvalue weighted by Gasteiger charge is -2.13. The van der Waals surface area contributed by atoms with Crippen LogP contribution in [0.2, 0.25) is 0 Å². The number of aromatic nitrogens is 4. The lowest BCUT2D eigenvalue weighted by molar-refractivity contribution is -0.121. The highest BCUT2D eigenvalue weighted by Gasteiger charge is 2.20. The highest BCUT2D eigenvalue weighted by atomic mass is 16.5. The van der Waals surface area contributed by atoms with Crippen LogP contribution in [-0.2, 0) is 23.0 Å². The van der Waals surface area contributed by atoms with E-state index in [1.54, 1.807) is 4.57 Å². The third-order valence-electron chi connectivity index (χ3n) is 5.20. The summed E-state index contributed by atoms with van der Waals surface area (Å²) in [7, 11) is 1.82. The van der Waals surface area contributed by atoms with Gasteiger partial charge >= 0.3 is 0 Å². The van der Waals surface area contributed by atoms with E-state index in [9.17, 15) is 9.59 Å². The van der Waals surface area contributed by atoms with Crippen molar-refractivity contribution < 1.29 is 9.53 Å². The average molecular weight is 381 g/mol. The number of nitrogens with one attached hydrogen (secondary N) is 1. The fourth-order valence-electron chi connectivity index (χ4n) is 3.46. The maximum atomic E-state index is 13.0. The number of aryl methyl sites for hydroxylation is 1. The molecule has 3 heterocycles. The van der Waals surface area contributed by atoms with Gasteiger partial charge in [0.25, 0.3) is 5.56 Å². The minimum Gasteiger partial charge on any atom is -0.376 e. The first-order valence-electron chi connectivity index (χ1n) is 9.43. The normalized spacial score (nSPS) is 16.6. The number of hydrogen-bond acceptors (Lipinski definition) is 5. The molecule has 0 bridgehead atoms. The van der Waals surface area contributed by atoms with E-state index >= 15 is 0 Å². The number of carbonyl (C=O) groups excluding carboxylic acids is 1. The van der Waals surface area contributed by atoms with Crippen LogP contribution in [0.25, 0.3) is 17.2 Å². The summed E-state index contributed by atoms with van der Waals surface area (Å²) in [5, 5.41) is 7.25. The Hall–Kier alpha value is -3.00. The molecule has 8 nitrogen and oxygen atoms in total. The maximum absolute atomic E-state index is 13.0. The van der Waals surface area contributed by atoms with Crippen molar-refractivity contribution in [2.24, 2.45) is 7.05 Å². The fourth-order valence-corrected chi connectivity index (χ4v) is 3.46. The third kappa shape index (κ3) is 3.43. The summed E-state index contributed by atoms with van der Waals surface area (Å²) in [5.74, 6) is 0.732. The summed E-state index contributed by atoms with van der Waals surface area (Å²) in [4.78, 5) is 29.9. The van der Waals surface area contributed by atoms with E-state index < -0.39 is 0 Å². The Morgan fingerprint density at radius 2 is 2.11 bits per heavy atom. The Morgan fingerprint density at radius 1 is 1.32 bits per heavy atom. The van der Waals surface area contributed by atoms with Crippen molar-refractivity contribution in [1.29, 1.82) is 0 Å². The van der Waals surface area contributed by atoms with Gasteiger partial charge in [0.1, 0.15) is 0 Å². The fraction of sp³-hybridized carbons (Fsp3) is 0.400. The maximum Gasteiger partial charge on any atom is 0.279 e. The van der Waals surface area contributed by atoms with Gasteiger partial charge in [-0.25, -0.2) is 0 Å². The quantitative estimate of drug-likeness (QED) is 0.718. The molecule has 4 rings (SSSR count). The zero-order valence-corrected chi connectivity index (χ0v) is 16.0. The first kappa shape index (κ1) is 18.4. The first-order valence-corrected chi connectivity index (χ1v) is 9.43. The monoisotopic (exact) mass is 381 g/mol. The molecule has 1 N–H and O–H groups in total. The lowest BCUT2D eigenvalue weighted by atomic mass is 10.1. The van der Waals surface area contributed by atoms with Gasteiger partial charge < -0.3 is 14.6 Å². The first-order chi connectivity index (χ1) is 13.5. The van der Waals surface area contributed by atoms with Crippen LogP contribution in [0, 0.1) is 6.92 Å². The van der Waals surface area contributed by atoms with Gasteiger partial charge in [0.05, 0.1) is 12.5 Å². The van der Waals surface area contributed by atoms with Crippen molar-refractivity contribution in [3.8, 4) is 11.4 Å². The molecular weight excluding hydrogens is 358 g/mol. The molecule has 1 unspecified atom stereocenters. The van der Waals surface area contributed by atoms with Gasteiger partial charge in [-0.1, -0.05) is 30.3 Å². The van der Waals surface area contributed by atoms with Crippen LogP contribution in [0.3, 0.4) is 0 Å². The Balaban J connectivity index is 1.63. The van der Waals surface area contributed by atoms with E-state index in [2.05, 4.69) is 15.4 Å². The summed E-state index contributed by atoms with van der Waals surface area (Å²) >= 11 is 0. The zero-order valence-electron chi connectivity index (χ0n) is 16.0. The Kier molecular flexibility index (Phi) is 4.95. The smallest absolute Gasteiger partial charge is 0.279 e. The molecule has 1 fully saturated rings. The molecule has 1 aliphatic rings. The number of carbonyl (C=O) groups is 1. The van der Waals surface area contributed by atoms with Gasteiger partial charge in [0.15, 0.2) is 5.82 Å². The number of benzene rings is 1. The van der Waals surface area contributed by atoms with Gasteiger partial charge in [0, 0.05) is 37.0 Å². The summed E-state index contributed by atoms with van der Waals surface area (Å²) in [5.41, 5.74) is 1.65. The molecule has 0 aliphatic carbocycles. The van der Waals surface area contributed by atoms with Crippen molar-refractivity contribution in [3.05, 3.63) is 51.9 Å². The third-order valence-corrected chi connectivity index (χ3v) is 5.20. The average Bonchev–Trinajstić information content (AvgIpc) is 3.39. The number of nitrogens with zero attached hydrogens (tertiary/aromatic N) is 4. The number of amides is 1. The molecule has 146 valence electrons. The summed E-state index contributed by atoms with van der Waals surface area (Å²) < 4.78 is 8.59. The van der Waals surface area contributed by atoms with E-state index in [1.165, 1.54) is 4.52 Å². The number of rotatable bonds is 5. The van der Waals surface area contributed by atoms with E-state index in [4.69, 9.17) is 4.74 Å². The second kappa shape index (κ2) is 7.55. The van der Waals surface area contributed by atoms with Crippen LogP contribution in [0.15, 0.2) is 35.1 Å². The van der Waals surface area contributed by atoms with Crippen LogP contribution >= 0.6 is 0 Å². The molecule has 1 amide bonds. The predicted molar refractivity (Wildman–Crippen MR) is 104 cm³/mol. The minimum absolute atomic E-state index is 0.00168. The number of hydrogen-bond donors (Lipinski definition) is 1. The molecule has 1 aliphatic heterocycles. The highest BCUT2D eigenvalue weighted by molar-refractivity contribution is 5.78. The lowest BCUT2D eigenvalue weighted by Crippen LogP contribution is -2.35. The minimum atomic E-state index is -0.312. The summed E-state index contributed by atoms with van der Waals surface area (Å²) in [6, 6.07) is 9.50. The van der Waals surface area contributed by atoms with Gasteiger partial charge in [-0.15, -0.1) is 5.10 Å². The Labute approximate surface area is 162 Å². The molecule has 1 aromatic carbocycles. The molecule has 0 saturated carbocycles. The molecule has 1 saturated heterocycles. The van der Waals surface area contributed by atoms with Crippen molar-refractivity contribution in [2.75, 3.05) is 13.2 Å². The molecule has 3 aromatic rings. The molecular formula is C20H23N5O3. The van der Waals surface area contributed by atoms with E-state index in [1.807, 2.05) is 44.3 Å². The molecule has 28 heavy (non-hydrogen) atoms. The second-order valence-corrected chi connectivity index (χ2v) is 7.06. The van der Waals surface area contributed by atoms with Crippen LogP contribution in [0.5, 0.6) is 0 Å². The molecule has 8 heteroatoms. The summed E-state index contributed by atoms with van der Waals surface area (Å²) in [6.07, 6.45) is 2.04. The highest BCUT2D eigenvalue weighted by Crippen LogP contribution is 2.16. The predicted octanol–water partition coefficient (Wildman–Crippen LogP) is 1.24. The number of fused-ring (bicyclic) bond motifs is 1. The standard InChI is InChI=1S/C20H23N5O3/c1-13-16(11-17(26)21-12-15-9-6-10-28-15)19(27)25-20(24(13)2)22-18(23-25)14-7-4-3-5-8-14/h3-5,7-8,15H,6,9-12H2,1-2H3,(H,21,26). The summed E-state index contributed by atoms with van der Waals surface area (Å²) in [6.45, 7) is 3.04. The van der Waals surface area contributed by atoms with Gasteiger partial charge in [0.2, 0.25) is 11.7 Å². The van der Waals surface area contributed by atoms with E-state index in [-0.39, 0.29) is 24.0 Å². The molecule has 1 atom stereocenters. The van der Waals surface area contributed by atoms with Crippen molar-refractivity contribution in [2.45, 2.75) is 32.3 Å².